The molecule has 2 amide bonds. The minimum atomic E-state index is -0.664. The van der Waals surface area contributed by atoms with Gasteiger partial charge in [-0.25, -0.2) is 0 Å². The SMILES string of the molecule is CCCN1[C@H](C)C(=O)N(c2ccccc2C)[C@@H]1C(=O)Nc1c(C)cccc1C. The Morgan fingerprint density at radius 3 is 2.21 bits per heavy atom. The van der Waals surface area contributed by atoms with Crippen molar-refractivity contribution in [1.29, 1.82) is 0 Å². The molecule has 28 heavy (non-hydrogen) atoms. The molecule has 0 bridgehead atoms. The number of carbonyl (C=O) groups excluding carboxylic acids is 2. The van der Waals surface area contributed by atoms with E-state index >= 15 is 0 Å². The standard InChI is InChI=1S/C23H29N3O2/c1-6-14-25-18(5)23(28)26(19-13-8-7-10-15(19)2)22(25)21(27)24-20-16(3)11-9-12-17(20)4/h7-13,18,22H,6,14H2,1-5H3,(H,24,27)/t18-,22-/m1/s1. The van der Waals surface area contributed by atoms with E-state index in [1.165, 1.54) is 0 Å². The first kappa shape index (κ1) is 20.1. The lowest BCUT2D eigenvalue weighted by atomic mass is 10.1. The Bertz CT molecular complexity index is 873. The summed E-state index contributed by atoms with van der Waals surface area (Å²) in [6.45, 7) is 10.6. The molecule has 1 saturated heterocycles. The van der Waals surface area contributed by atoms with Gasteiger partial charge in [-0.1, -0.05) is 43.3 Å². The predicted octanol–water partition coefficient (Wildman–Crippen LogP) is 4.02. The molecule has 5 heteroatoms. The molecule has 1 aliphatic rings. The summed E-state index contributed by atoms with van der Waals surface area (Å²) in [6, 6.07) is 13.3. The maximum atomic E-state index is 13.4. The lowest BCUT2D eigenvalue weighted by molar-refractivity contribution is -0.121. The molecule has 0 aromatic heterocycles. The van der Waals surface area contributed by atoms with Gasteiger partial charge in [-0.2, -0.15) is 0 Å². The van der Waals surface area contributed by atoms with Crippen LogP contribution in [0.4, 0.5) is 11.4 Å². The molecule has 3 rings (SSSR count). The zero-order chi connectivity index (χ0) is 20.4. The molecule has 0 saturated carbocycles. The topological polar surface area (TPSA) is 52.7 Å². The van der Waals surface area contributed by atoms with Crippen molar-refractivity contribution in [3.8, 4) is 0 Å². The van der Waals surface area contributed by atoms with Gasteiger partial charge in [-0.15, -0.1) is 0 Å². The van der Waals surface area contributed by atoms with Gasteiger partial charge in [0.2, 0.25) is 5.91 Å². The first-order chi connectivity index (χ1) is 13.4. The van der Waals surface area contributed by atoms with Crippen LogP contribution in [0.3, 0.4) is 0 Å². The van der Waals surface area contributed by atoms with Crippen LogP contribution < -0.4 is 10.2 Å². The maximum absolute atomic E-state index is 13.4. The second kappa shape index (κ2) is 8.15. The highest BCUT2D eigenvalue weighted by Crippen LogP contribution is 2.32. The predicted molar refractivity (Wildman–Crippen MR) is 113 cm³/mol. The third kappa shape index (κ3) is 3.54. The summed E-state index contributed by atoms with van der Waals surface area (Å²) in [7, 11) is 0. The Morgan fingerprint density at radius 1 is 1.00 bits per heavy atom. The van der Waals surface area contributed by atoms with Crippen LogP contribution >= 0.6 is 0 Å². The van der Waals surface area contributed by atoms with Gasteiger partial charge in [0, 0.05) is 17.9 Å². The molecule has 1 aliphatic heterocycles. The van der Waals surface area contributed by atoms with Crippen molar-refractivity contribution in [2.45, 2.75) is 53.2 Å². The zero-order valence-corrected chi connectivity index (χ0v) is 17.3. The Kier molecular flexibility index (Phi) is 5.84. The Labute approximate surface area is 167 Å². The summed E-state index contributed by atoms with van der Waals surface area (Å²) < 4.78 is 0. The summed E-state index contributed by atoms with van der Waals surface area (Å²) in [5.41, 5.74) is 4.61. The van der Waals surface area contributed by atoms with Crippen LogP contribution in [-0.4, -0.2) is 35.5 Å². The van der Waals surface area contributed by atoms with Crippen LogP contribution in [0.5, 0.6) is 0 Å². The van der Waals surface area contributed by atoms with Gasteiger partial charge in [-0.3, -0.25) is 19.4 Å². The van der Waals surface area contributed by atoms with Crippen LogP contribution in [0.25, 0.3) is 0 Å². The molecule has 5 nitrogen and oxygen atoms in total. The molecule has 2 aromatic carbocycles. The maximum Gasteiger partial charge on any atom is 0.262 e. The van der Waals surface area contributed by atoms with Crippen molar-refractivity contribution >= 4 is 23.2 Å². The molecule has 0 unspecified atom stereocenters. The van der Waals surface area contributed by atoms with Crippen LogP contribution in [0.1, 0.15) is 37.0 Å². The number of benzene rings is 2. The number of nitrogens with one attached hydrogen (secondary N) is 1. The molecule has 148 valence electrons. The fraction of sp³-hybridized carbons (Fsp3) is 0.391. The third-order valence-corrected chi connectivity index (χ3v) is 5.47. The minimum Gasteiger partial charge on any atom is -0.323 e. The number of amides is 2. The van der Waals surface area contributed by atoms with Crippen molar-refractivity contribution in [1.82, 2.24) is 4.90 Å². The molecule has 1 N–H and O–H groups in total. The smallest absolute Gasteiger partial charge is 0.262 e. The summed E-state index contributed by atoms with van der Waals surface area (Å²) in [5.74, 6) is -0.212. The van der Waals surface area contributed by atoms with Gasteiger partial charge in [0.15, 0.2) is 6.17 Å². The number of para-hydroxylation sites is 2. The van der Waals surface area contributed by atoms with Crippen molar-refractivity contribution in [2.75, 3.05) is 16.8 Å². The van der Waals surface area contributed by atoms with Crippen molar-refractivity contribution in [3.05, 3.63) is 59.2 Å². The zero-order valence-electron chi connectivity index (χ0n) is 17.3. The second-order valence-corrected chi connectivity index (χ2v) is 7.54. The molecule has 0 spiro atoms. The van der Waals surface area contributed by atoms with Crippen LogP contribution in [0, 0.1) is 20.8 Å². The highest BCUT2D eigenvalue weighted by molar-refractivity contribution is 6.09. The number of aryl methyl sites for hydroxylation is 3. The van der Waals surface area contributed by atoms with E-state index in [1.807, 2.05) is 75.1 Å². The lowest BCUT2D eigenvalue weighted by Gasteiger charge is -2.30. The second-order valence-electron chi connectivity index (χ2n) is 7.54. The van der Waals surface area contributed by atoms with Crippen LogP contribution in [-0.2, 0) is 9.59 Å². The third-order valence-electron chi connectivity index (χ3n) is 5.47. The van der Waals surface area contributed by atoms with Crippen LogP contribution in [0.15, 0.2) is 42.5 Å². The minimum absolute atomic E-state index is 0.0376. The van der Waals surface area contributed by atoms with E-state index in [2.05, 4.69) is 12.2 Å². The fourth-order valence-electron chi connectivity index (χ4n) is 3.95. The molecule has 1 heterocycles. The number of hydrogen-bond acceptors (Lipinski definition) is 3. The van der Waals surface area contributed by atoms with E-state index in [9.17, 15) is 9.59 Å². The molecule has 2 atom stereocenters. The van der Waals surface area contributed by atoms with Gasteiger partial charge in [0.1, 0.15) is 0 Å². The van der Waals surface area contributed by atoms with E-state index < -0.39 is 6.17 Å². The first-order valence-corrected chi connectivity index (χ1v) is 9.88. The number of carbonyl (C=O) groups is 2. The summed E-state index contributed by atoms with van der Waals surface area (Å²) in [6.07, 6.45) is 0.203. The van der Waals surface area contributed by atoms with Gasteiger partial charge < -0.3 is 5.32 Å². The first-order valence-electron chi connectivity index (χ1n) is 9.88. The Balaban J connectivity index is 2.03. The summed E-state index contributed by atoms with van der Waals surface area (Å²) >= 11 is 0. The van der Waals surface area contributed by atoms with Gasteiger partial charge in [-0.05, 0) is 56.9 Å². The van der Waals surface area contributed by atoms with Crippen LogP contribution in [0.2, 0.25) is 0 Å². The van der Waals surface area contributed by atoms with Gasteiger partial charge >= 0.3 is 0 Å². The number of anilines is 2. The number of rotatable bonds is 5. The van der Waals surface area contributed by atoms with Crippen molar-refractivity contribution in [2.24, 2.45) is 0 Å². The quantitative estimate of drug-likeness (QED) is 0.854. The normalized spacial score (nSPS) is 19.9. The van der Waals surface area contributed by atoms with E-state index in [4.69, 9.17) is 0 Å². The van der Waals surface area contributed by atoms with E-state index in [0.29, 0.717) is 6.54 Å². The fourth-order valence-corrected chi connectivity index (χ4v) is 3.95. The average molecular weight is 380 g/mol. The molecular formula is C23H29N3O2. The average Bonchev–Trinajstić information content (AvgIpc) is 2.90. The Morgan fingerprint density at radius 2 is 1.61 bits per heavy atom. The summed E-state index contributed by atoms with van der Waals surface area (Å²) in [4.78, 5) is 30.3. The Hall–Kier alpha value is -2.66. The van der Waals surface area contributed by atoms with Gasteiger partial charge in [0.05, 0.1) is 6.04 Å². The van der Waals surface area contributed by atoms with Gasteiger partial charge in [0.25, 0.3) is 5.91 Å². The lowest BCUT2D eigenvalue weighted by Crippen LogP contribution is -2.49. The van der Waals surface area contributed by atoms with E-state index in [1.54, 1.807) is 4.90 Å². The van der Waals surface area contributed by atoms with Crippen molar-refractivity contribution < 1.29 is 9.59 Å². The molecular weight excluding hydrogens is 350 g/mol. The molecule has 2 aromatic rings. The molecule has 0 aliphatic carbocycles. The highest BCUT2D eigenvalue weighted by atomic mass is 16.2. The number of hydrogen-bond donors (Lipinski definition) is 1. The molecule has 1 fully saturated rings. The summed E-state index contributed by atoms with van der Waals surface area (Å²) in [5, 5.41) is 3.09. The van der Waals surface area contributed by atoms with E-state index in [0.717, 1.165) is 34.5 Å². The largest absolute Gasteiger partial charge is 0.323 e. The molecule has 0 radical (unpaired) electrons. The monoisotopic (exact) mass is 379 g/mol. The van der Waals surface area contributed by atoms with Crippen molar-refractivity contribution in [3.63, 3.8) is 0 Å². The highest BCUT2D eigenvalue weighted by Gasteiger charge is 2.48. The number of nitrogens with zero attached hydrogens (tertiary/aromatic N) is 2. The van der Waals surface area contributed by atoms with E-state index in [-0.39, 0.29) is 17.9 Å².